The van der Waals surface area contributed by atoms with Gasteiger partial charge in [0, 0.05) is 0 Å². The first-order chi connectivity index (χ1) is 12.3. The topological polar surface area (TPSA) is 9.23 Å². The Balaban J connectivity index is 1.95. The van der Waals surface area contributed by atoms with E-state index in [1.807, 2.05) is 11.8 Å². The van der Waals surface area contributed by atoms with E-state index in [1.165, 1.54) is 76.3 Å². The minimum absolute atomic E-state index is 0.539. The van der Waals surface area contributed by atoms with Crippen molar-refractivity contribution in [2.24, 2.45) is 5.41 Å². The van der Waals surface area contributed by atoms with E-state index in [4.69, 9.17) is 4.74 Å². The van der Waals surface area contributed by atoms with Crippen molar-refractivity contribution in [3.63, 3.8) is 0 Å². The van der Waals surface area contributed by atoms with Crippen LogP contribution in [0.1, 0.15) is 60.3 Å². The van der Waals surface area contributed by atoms with E-state index in [2.05, 4.69) is 65.0 Å². The molecule has 1 fully saturated rings. The van der Waals surface area contributed by atoms with Crippen LogP contribution in [0.2, 0.25) is 0 Å². The molecule has 0 spiro atoms. The summed E-state index contributed by atoms with van der Waals surface area (Å²) < 4.78 is 7.53. The van der Waals surface area contributed by atoms with Crippen LogP contribution in [-0.4, -0.2) is 16.3 Å². The number of thioether (sulfide) groups is 1. The van der Waals surface area contributed by atoms with Crippen LogP contribution in [0.5, 0.6) is 5.75 Å². The predicted molar refractivity (Wildman–Crippen MR) is 112 cm³/mol. The molecule has 0 atom stereocenters. The molecule has 1 nitrogen and oxygen atoms in total. The van der Waals surface area contributed by atoms with Gasteiger partial charge in [-0.15, -0.1) is 0 Å². The summed E-state index contributed by atoms with van der Waals surface area (Å²) in [6.45, 7) is 11.7. The van der Waals surface area contributed by atoms with Crippen LogP contribution in [0, 0.1) is 5.41 Å². The Morgan fingerprint density at radius 2 is 1.77 bits per heavy atom. The molecule has 0 heterocycles. The van der Waals surface area contributed by atoms with Gasteiger partial charge in [-0.1, -0.05) is 19.8 Å². The fraction of sp³-hybridized carbons (Fsp3) is 0.522. The molecule has 0 aliphatic heterocycles. The van der Waals surface area contributed by atoms with E-state index in [-0.39, 0.29) is 0 Å². The molecule has 0 amide bonds. The quantitative estimate of drug-likeness (QED) is 0.266. The fourth-order valence-corrected chi connectivity index (χ4v) is 4.90. The first kappa shape index (κ1) is 21.7. The Hall–Kier alpha value is -0.592. The molecule has 1 saturated carbocycles. The molecule has 142 valence electrons. The number of allylic oxidation sites excluding steroid dienone is 2. The third-order valence-electron chi connectivity index (χ3n) is 5.49. The first-order valence-electron chi connectivity index (χ1n) is 9.54. The van der Waals surface area contributed by atoms with E-state index in [0.29, 0.717) is 12.0 Å². The normalized spacial score (nSPS) is 17.8. The SMILES string of the molecule is CC=C(C)/C(COc1ccc(SCC2(C)CCCC2)cc1)=C(/C)[C](C)=[W]. The number of hydrogen-bond donors (Lipinski definition) is 0. The molecular weight excluding hydrogens is 508 g/mol. The molecule has 1 aromatic carbocycles. The van der Waals surface area contributed by atoms with E-state index in [1.54, 1.807) is 0 Å². The Morgan fingerprint density at radius 3 is 2.31 bits per heavy atom. The Morgan fingerprint density at radius 1 is 1.15 bits per heavy atom. The van der Waals surface area contributed by atoms with E-state index in [0.717, 1.165) is 5.75 Å². The second-order valence-electron chi connectivity index (χ2n) is 7.70. The van der Waals surface area contributed by atoms with Gasteiger partial charge in [0.15, 0.2) is 0 Å². The molecule has 0 radical (unpaired) electrons. The van der Waals surface area contributed by atoms with Crippen LogP contribution >= 0.6 is 11.8 Å². The number of rotatable bonds is 8. The molecule has 1 aliphatic carbocycles. The van der Waals surface area contributed by atoms with Gasteiger partial charge < -0.3 is 0 Å². The van der Waals surface area contributed by atoms with Crippen LogP contribution in [0.15, 0.2) is 52.0 Å². The molecule has 3 heteroatoms. The Kier molecular flexibility index (Phi) is 8.42. The molecule has 0 aromatic heterocycles. The predicted octanol–water partition coefficient (Wildman–Crippen LogP) is 6.76. The zero-order valence-corrected chi connectivity index (χ0v) is 20.6. The zero-order valence-electron chi connectivity index (χ0n) is 16.9. The summed E-state index contributed by atoms with van der Waals surface area (Å²) in [6, 6.07) is 8.65. The maximum atomic E-state index is 6.10. The summed E-state index contributed by atoms with van der Waals surface area (Å²) in [5, 5.41) is 0. The van der Waals surface area contributed by atoms with Crippen molar-refractivity contribution < 1.29 is 24.1 Å². The van der Waals surface area contributed by atoms with Crippen LogP contribution in [0.3, 0.4) is 0 Å². The monoisotopic (exact) mass is 540 g/mol. The van der Waals surface area contributed by atoms with Crippen molar-refractivity contribution in [3.05, 3.63) is 47.1 Å². The van der Waals surface area contributed by atoms with Crippen molar-refractivity contribution in [1.82, 2.24) is 0 Å². The summed E-state index contributed by atoms with van der Waals surface area (Å²) >= 11 is 3.52. The molecule has 0 bridgehead atoms. The first-order valence-corrected chi connectivity index (χ1v) is 12.0. The summed E-state index contributed by atoms with van der Waals surface area (Å²) in [7, 11) is 0. The molecule has 1 aliphatic rings. The third kappa shape index (κ3) is 6.24. The second-order valence-corrected chi connectivity index (χ2v) is 10.9. The van der Waals surface area contributed by atoms with Crippen LogP contribution in [-0.2, 0) is 19.4 Å². The summed E-state index contributed by atoms with van der Waals surface area (Å²) in [6.07, 6.45) is 7.75. The van der Waals surface area contributed by atoms with Gasteiger partial charge in [-0.3, -0.25) is 0 Å². The van der Waals surface area contributed by atoms with Gasteiger partial charge in [0.05, 0.1) is 0 Å². The van der Waals surface area contributed by atoms with Gasteiger partial charge in [0.25, 0.3) is 0 Å². The van der Waals surface area contributed by atoms with Crippen molar-refractivity contribution in [1.29, 1.82) is 0 Å². The van der Waals surface area contributed by atoms with E-state index >= 15 is 0 Å². The van der Waals surface area contributed by atoms with Crippen LogP contribution < -0.4 is 4.74 Å². The van der Waals surface area contributed by atoms with Crippen LogP contribution in [0.4, 0.5) is 0 Å². The fourth-order valence-electron chi connectivity index (χ4n) is 3.32. The molecule has 2 rings (SSSR count). The number of ether oxygens (including phenoxy) is 1. The third-order valence-corrected chi connectivity index (χ3v) is 8.04. The average molecular weight is 540 g/mol. The zero-order chi connectivity index (χ0) is 19.2. The van der Waals surface area contributed by atoms with Gasteiger partial charge in [-0.2, -0.15) is 0 Å². The van der Waals surface area contributed by atoms with Crippen molar-refractivity contribution >= 4 is 15.7 Å². The van der Waals surface area contributed by atoms with E-state index in [9.17, 15) is 0 Å². The molecule has 26 heavy (non-hydrogen) atoms. The Labute approximate surface area is 175 Å². The summed E-state index contributed by atoms with van der Waals surface area (Å²) in [5.41, 5.74) is 4.53. The number of benzene rings is 1. The average Bonchev–Trinajstić information content (AvgIpc) is 3.07. The van der Waals surface area contributed by atoms with Crippen molar-refractivity contribution in [2.45, 2.75) is 65.2 Å². The molecular formula is C23H32OSW. The molecule has 1 aromatic rings. The number of hydrogen-bond acceptors (Lipinski definition) is 2. The summed E-state index contributed by atoms with van der Waals surface area (Å²) in [4.78, 5) is 1.35. The van der Waals surface area contributed by atoms with Gasteiger partial charge in [-0.05, 0) is 12.8 Å². The maximum absolute atomic E-state index is 6.10. The van der Waals surface area contributed by atoms with Crippen molar-refractivity contribution in [3.8, 4) is 5.75 Å². The molecule has 0 saturated heterocycles. The molecule has 0 N–H and O–H groups in total. The van der Waals surface area contributed by atoms with Gasteiger partial charge in [0.1, 0.15) is 0 Å². The minimum atomic E-state index is 0.539. The van der Waals surface area contributed by atoms with E-state index < -0.39 is 0 Å². The van der Waals surface area contributed by atoms with Gasteiger partial charge >= 0.3 is 143 Å². The second kappa shape index (κ2) is 10.1. The van der Waals surface area contributed by atoms with Crippen molar-refractivity contribution in [2.75, 3.05) is 12.4 Å². The Bertz CT molecular complexity index is 679. The summed E-state index contributed by atoms with van der Waals surface area (Å²) in [5.74, 6) is 2.19. The van der Waals surface area contributed by atoms with Gasteiger partial charge in [-0.25, -0.2) is 0 Å². The van der Waals surface area contributed by atoms with Crippen LogP contribution in [0.25, 0.3) is 0 Å². The molecule has 0 unspecified atom stereocenters. The van der Waals surface area contributed by atoms with Gasteiger partial charge in [0.2, 0.25) is 0 Å². The standard InChI is InChI=1S/C23H32OS.W/c1-6-18(3)22(19(4)7-2)16-24-20-10-12-21(13-11-20)25-17-23(5)14-8-9-15-23;/h6,10-13H,8-9,14-17H2,1-5H3;/b18-6?,22-19-;.